The van der Waals surface area contributed by atoms with Crippen LogP contribution in [0.5, 0.6) is 0 Å². The van der Waals surface area contributed by atoms with Crippen LogP contribution in [0.15, 0.2) is 0 Å². The summed E-state index contributed by atoms with van der Waals surface area (Å²) in [6.45, 7) is 8.17. The molecule has 0 aromatic rings. The SMILES string of the molecule is [B]C1CN(C)CC([CH2-])O1.[B]C1CN(S(=O)[O-])CC(CCC)O1.[Y]. The minimum absolute atomic E-state index is 0. The zero-order chi connectivity index (χ0) is 16.7. The summed E-state index contributed by atoms with van der Waals surface area (Å²) in [7, 11) is 13.1. The Morgan fingerprint density at radius 2 is 1.83 bits per heavy atom. The van der Waals surface area contributed by atoms with Crippen molar-refractivity contribution in [2.45, 2.75) is 44.0 Å². The maximum Gasteiger partial charge on any atom is 0.110 e. The summed E-state index contributed by atoms with van der Waals surface area (Å²) in [6.07, 6.45) is 1.81. The zero-order valence-corrected chi connectivity index (χ0v) is 17.6. The Kier molecular flexibility index (Phi) is 13.2. The fourth-order valence-corrected chi connectivity index (χ4v) is 3.06. The molecule has 2 aliphatic heterocycles. The number of rotatable bonds is 3. The smallest absolute Gasteiger partial charge is 0.110 e. The molecule has 0 bridgehead atoms. The van der Waals surface area contributed by atoms with Gasteiger partial charge < -0.3 is 25.9 Å². The third-order valence-corrected chi connectivity index (χ3v) is 4.07. The average molecular weight is 415 g/mol. The van der Waals surface area contributed by atoms with Gasteiger partial charge in [0.2, 0.25) is 0 Å². The largest absolute Gasteiger partial charge is 0.760 e. The van der Waals surface area contributed by atoms with Crippen LogP contribution in [0.2, 0.25) is 0 Å². The molecule has 0 amide bonds. The van der Waals surface area contributed by atoms with Crippen LogP contribution in [0, 0.1) is 6.92 Å². The second-order valence-electron chi connectivity index (χ2n) is 5.67. The Bertz CT molecular complexity index is 335. The van der Waals surface area contributed by atoms with Gasteiger partial charge >= 0.3 is 0 Å². The third-order valence-electron chi connectivity index (χ3n) is 3.35. The molecule has 0 aromatic heterocycles. The van der Waals surface area contributed by atoms with Crippen molar-refractivity contribution in [3.05, 3.63) is 6.92 Å². The maximum absolute atomic E-state index is 10.7. The number of likely N-dealkylation sites (N-methyl/N-ethyl adjacent to an activating group) is 1. The van der Waals surface area contributed by atoms with Crippen molar-refractivity contribution >= 4 is 27.0 Å². The summed E-state index contributed by atoms with van der Waals surface area (Å²) in [5.74, 6) is 0. The molecule has 5 radical (unpaired) electrons. The molecule has 5 atom stereocenters. The van der Waals surface area contributed by atoms with Crippen molar-refractivity contribution in [3.8, 4) is 0 Å². The van der Waals surface area contributed by atoms with E-state index in [2.05, 4.69) is 11.8 Å². The first kappa shape index (κ1) is 24.2. The van der Waals surface area contributed by atoms with Gasteiger partial charge in [0.05, 0.1) is 6.10 Å². The van der Waals surface area contributed by atoms with Gasteiger partial charge in [-0.3, -0.25) is 4.21 Å². The van der Waals surface area contributed by atoms with Gasteiger partial charge in [-0.1, -0.05) is 19.4 Å². The van der Waals surface area contributed by atoms with Crippen LogP contribution < -0.4 is 0 Å². The molecule has 6 nitrogen and oxygen atoms in total. The summed E-state index contributed by atoms with van der Waals surface area (Å²) in [5, 5.41) is 0. The van der Waals surface area contributed by atoms with E-state index in [1.165, 1.54) is 4.31 Å². The predicted octanol–water partition coefficient (Wildman–Crippen LogP) is -0.581. The zero-order valence-electron chi connectivity index (χ0n) is 13.9. The van der Waals surface area contributed by atoms with E-state index in [1.807, 2.05) is 14.0 Å². The minimum atomic E-state index is -2.17. The number of ether oxygens (including phenoxy) is 2. The Hall–Kier alpha value is 1.18. The molecule has 10 heteroatoms. The maximum atomic E-state index is 10.7. The van der Waals surface area contributed by atoms with E-state index in [4.69, 9.17) is 25.2 Å². The molecule has 2 aliphatic rings. The van der Waals surface area contributed by atoms with Crippen molar-refractivity contribution in [1.29, 1.82) is 0 Å². The Morgan fingerprint density at radius 3 is 2.30 bits per heavy atom. The summed E-state index contributed by atoms with van der Waals surface area (Å²) in [5.41, 5.74) is 0. The molecule has 0 N–H and O–H groups in total. The standard InChI is InChI=1S/C7H14BNO3S.C6H11BNO.Y/c1-2-3-6-4-9(13(10)11)5-7(8)12-6;1-5-3-8(2)4-6(7)9-5;/h6-7H,2-5H2,1H3,(H,10,11);5-6H,1,3-4H2,2H3;/q;-1;/p-1. The number of hydrogen-bond donors (Lipinski definition) is 0. The first-order valence-corrected chi connectivity index (χ1v) is 8.53. The monoisotopic (exact) mass is 415 g/mol. The average Bonchev–Trinajstić information content (AvgIpc) is 2.37. The quantitative estimate of drug-likeness (QED) is 0.351. The Morgan fingerprint density at radius 1 is 1.22 bits per heavy atom. The van der Waals surface area contributed by atoms with Crippen molar-refractivity contribution in [3.63, 3.8) is 0 Å². The molecule has 0 saturated carbocycles. The van der Waals surface area contributed by atoms with E-state index in [0.717, 1.165) is 25.9 Å². The van der Waals surface area contributed by atoms with E-state index in [0.29, 0.717) is 6.54 Å². The van der Waals surface area contributed by atoms with E-state index in [9.17, 15) is 8.76 Å². The predicted molar refractivity (Wildman–Crippen MR) is 87.1 cm³/mol. The topological polar surface area (TPSA) is 65.1 Å². The van der Waals surface area contributed by atoms with Crippen LogP contribution in [0.4, 0.5) is 0 Å². The van der Waals surface area contributed by atoms with Gasteiger partial charge in [-0.15, -0.1) is 0 Å². The summed E-state index contributed by atoms with van der Waals surface area (Å²) >= 11 is -2.17. The number of nitrogens with zero attached hydrogens (tertiary/aromatic N) is 2. The van der Waals surface area contributed by atoms with E-state index >= 15 is 0 Å². The molecule has 0 aromatic carbocycles. The fourth-order valence-electron chi connectivity index (χ4n) is 2.50. The van der Waals surface area contributed by atoms with Crippen molar-refractivity contribution < 1.29 is 50.9 Å². The molecule has 23 heavy (non-hydrogen) atoms. The van der Waals surface area contributed by atoms with Gasteiger partial charge in [-0.2, -0.15) is 0 Å². The van der Waals surface area contributed by atoms with Crippen LogP contribution in [-0.4, -0.2) is 91.1 Å². The molecule has 0 spiro atoms. The van der Waals surface area contributed by atoms with Gasteiger partial charge in [-0.25, -0.2) is 4.31 Å². The molecule has 0 aliphatic carbocycles. The normalized spacial score (nSPS) is 33.9. The second kappa shape index (κ2) is 12.5. The van der Waals surface area contributed by atoms with Crippen LogP contribution in [0.3, 0.4) is 0 Å². The molecular weight excluding hydrogens is 391 g/mol. The number of hydrogen-bond acceptors (Lipinski definition) is 5. The molecule has 2 rings (SSSR count). The molecule has 5 unspecified atom stereocenters. The van der Waals surface area contributed by atoms with Crippen LogP contribution >= 0.6 is 0 Å². The summed E-state index contributed by atoms with van der Waals surface area (Å²) in [4.78, 5) is 2.12. The molecule has 2 fully saturated rings. The molecule has 2 heterocycles. The van der Waals surface area contributed by atoms with Gasteiger partial charge in [0.1, 0.15) is 15.7 Å². The van der Waals surface area contributed by atoms with Crippen LogP contribution in [0.1, 0.15) is 19.8 Å². The van der Waals surface area contributed by atoms with Crippen molar-refractivity contribution in [1.82, 2.24) is 9.21 Å². The Labute approximate surface area is 170 Å². The first-order valence-electron chi connectivity index (χ1n) is 7.49. The molecule has 2 saturated heterocycles. The first-order chi connectivity index (χ1) is 10.3. The van der Waals surface area contributed by atoms with Crippen molar-refractivity contribution in [2.75, 3.05) is 33.2 Å². The molecule has 127 valence electrons. The summed E-state index contributed by atoms with van der Waals surface area (Å²) < 4.78 is 33.2. The third kappa shape index (κ3) is 10.0. The fraction of sp³-hybridized carbons (Fsp3) is 0.923. The van der Waals surface area contributed by atoms with Gasteiger partial charge in [0.25, 0.3) is 0 Å². The number of morpholine rings is 2. The van der Waals surface area contributed by atoms with Gasteiger partial charge in [0.15, 0.2) is 0 Å². The van der Waals surface area contributed by atoms with Crippen LogP contribution in [-0.2, 0) is 53.4 Å². The van der Waals surface area contributed by atoms with Crippen molar-refractivity contribution in [2.24, 2.45) is 0 Å². The van der Waals surface area contributed by atoms with Crippen LogP contribution in [0.25, 0.3) is 0 Å². The van der Waals surface area contributed by atoms with E-state index in [-0.39, 0.29) is 57.5 Å². The Balaban J connectivity index is 0.000000427. The molecular formula is C13H24B2N2O4SY-2. The minimum Gasteiger partial charge on any atom is -0.760 e. The van der Waals surface area contributed by atoms with Gasteiger partial charge in [-0.05, 0) is 20.0 Å². The van der Waals surface area contributed by atoms with E-state index < -0.39 is 17.3 Å². The van der Waals surface area contributed by atoms with Gasteiger partial charge in [0, 0.05) is 75.6 Å². The second-order valence-corrected chi connectivity index (χ2v) is 6.62. The summed E-state index contributed by atoms with van der Waals surface area (Å²) in [6, 6.07) is -0.630. The van der Waals surface area contributed by atoms with E-state index in [1.54, 1.807) is 0 Å².